The number of ether oxygens (including phenoxy) is 1. The van der Waals surface area contributed by atoms with Gasteiger partial charge in [-0.05, 0) is 36.8 Å². The van der Waals surface area contributed by atoms with Gasteiger partial charge in [0.1, 0.15) is 5.75 Å². The summed E-state index contributed by atoms with van der Waals surface area (Å²) >= 11 is 1.38. The molecule has 6 nitrogen and oxygen atoms in total. The second-order valence-electron chi connectivity index (χ2n) is 5.70. The fraction of sp³-hybridized carbons (Fsp3) is 0.211. The number of carbonyl (C=O) groups excluding carboxylic acids is 2. The lowest BCUT2D eigenvalue weighted by molar-refractivity contribution is -0.116. The number of benzene rings is 2. The zero-order valence-corrected chi connectivity index (χ0v) is 15.1. The summed E-state index contributed by atoms with van der Waals surface area (Å²) in [6.07, 6.45) is 0.984. The maximum absolute atomic E-state index is 12.1. The Bertz CT molecular complexity index is 909. The van der Waals surface area contributed by atoms with E-state index in [1.165, 1.54) is 18.3 Å². The van der Waals surface area contributed by atoms with Crippen molar-refractivity contribution in [1.82, 2.24) is 4.98 Å². The lowest BCUT2D eigenvalue weighted by Crippen LogP contribution is -2.12. The quantitative estimate of drug-likeness (QED) is 0.616. The highest BCUT2D eigenvalue weighted by molar-refractivity contribution is 7.22. The molecule has 2 N–H and O–H groups in total. The summed E-state index contributed by atoms with van der Waals surface area (Å²) in [4.78, 5) is 27.6. The van der Waals surface area contributed by atoms with Gasteiger partial charge in [-0.1, -0.05) is 29.5 Å². The van der Waals surface area contributed by atoms with Gasteiger partial charge in [-0.15, -0.1) is 0 Å². The maximum Gasteiger partial charge on any atom is 0.226 e. The van der Waals surface area contributed by atoms with E-state index in [1.807, 2.05) is 42.5 Å². The van der Waals surface area contributed by atoms with E-state index in [2.05, 4.69) is 15.6 Å². The van der Waals surface area contributed by atoms with Gasteiger partial charge >= 0.3 is 0 Å². The van der Waals surface area contributed by atoms with E-state index in [-0.39, 0.29) is 11.8 Å². The third-order valence-electron chi connectivity index (χ3n) is 3.52. The highest BCUT2D eigenvalue weighted by Crippen LogP contribution is 2.28. The SMILES string of the molecule is CC(=O)Nc1ccc2nc(NC(=O)CCCOc3ccccc3)sc2c1. The molecule has 0 unspecified atom stereocenters. The number of aromatic nitrogens is 1. The molecule has 2 aromatic carbocycles. The number of fused-ring (bicyclic) bond motifs is 1. The Morgan fingerprint density at radius 3 is 2.69 bits per heavy atom. The van der Waals surface area contributed by atoms with Gasteiger partial charge in [0.15, 0.2) is 5.13 Å². The van der Waals surface area contributed by atoms with Crippen LogP contribution in [0, 0.1) is 0 Å². The van der Waals surface area contributed by atoms with Crippen molar-refractivity contribution < 1.29 is 14.3 Å². The molecular formula is C19H19N3O3S. The van der Waals surface area contributed by atoms with Crippen LogP contribution >= 0.6 is 11.3 Å². The smallest absolute Gasteiger partial charge is 0.226 e. The van der Waals surface area contributed by atoms with Crippen molar-refractivity contribution in [2.24, 2.45) is 0 Å². The molecule has 0 aliphatic rings. The van der Waals surface area contributed by atoms with E-state index in [0.29, 0.717) is 30.3 Å². The molecule has 0 saturated carbocycles. The molecule has 1 heterocycles. The molecule has 0 aliphatic heterocycles. The van der Waals surface area contributed by atoms with E-state index in [9.17, 15) is 9.59 Å². The van der Waals surface area contributed by atoms with E-state index in [1.54, 1.807) is 6.07 Å². The first kappa shape index (κ1) is 17.9. The topological polar surface area (TPSA) is 80.3 Å². The number of rotatable bonds is 7. The molecule has 0 fully saturated rings. The molecule has 0 atom stereocenters. The predicted octanol–water partition coefficient (Wildman–Crippen LogP) is 4.05. The van der Waals surface area contributed by atoms with Crippen LogP contribution in [0.4, 0.5) is 10.8 Å². The van der Waals surface area contributed by atoms with Gasteiger partial charge in [-0.2, -0.15) is 0 Å². The van der Waals surface area contributed by atoms with Gasteiger partial charge in [0.25, 0.3) is 0 Å². The Labute approximate surface area is 155 Å². The molecule has 1 aromatic heterocycles. The van der Waals surface area contributed by atoms with Gasteiger partial charge in [-0.3, -0.25) is 9.59 Å². The first-order chi connectivity index (χ1) is 12.6. The van der Waals surface area contributed by atoms with Gasteiger partial charge in [0, 0.05) is 19.0 Å². The number of nitrogens with zero attached hydrogens (tertiary/aromatic N) is 1. The standard InChI is InChI=1S/C19H19N3O3S/c1-13(23)20-14-9-10-16-17(12-14)26-19(21-16)22-18(24)8-5-11-25-15-6-3-2-4-7-15/h2-4,6-7,9-10,12H,5,8,11H2,1H3,(H,20,23)(H,21,22,24). The number of nitrogens with one attached hydrogen (secondary N) is 2. The molecule has 0 spiro atoms. The number of para-hydroxylation sites is 1. The Balaban J connectivity index is 1.50. The van der Waals surface area contributed by atoms with Crippen molar-refractivity contribution in [3.63, 3.8) is 0 Å². The molecule has 3 rings (SSSR count). The van der Waals surface area contributed by atoms with E-state index in [4.69, 9.17) is 4.74 Å². The minimum atomic E-state index is -0.125. The first-order valence-electron chi connectivity index (χ1n) is 8.26. The number of thiazole rings is 1. The minimum absolute atomic E-state index is 0.0946. The van der Waals surface area contributed by atoms with Crippen molar-refractivity contribution in [1.29, 1.82) is 0 Å². The maximum atomic E-state index is 12.1. The lowest BCUT2D eigenvalue weighted by Gasteiger charge is -2.05. The third kappa shape index (κ3) is 5.03. The van der Waals surface area contributed by atoms with Crippen LogP contribution in [0.3, 0.4) is 0 Å². The van der Waals surface area contributed by atoms with Crippen LogP contribution in [-0.2, 0) is 9.59 Å². The van der Waals surface area contributed by atoms with Crippen molar-refractivity contribution >= 4 is 44.2 Å². The van der Waals surface area contributed by atoms with Crippen molar-refractivity contribution in [3.8, 4) is 5.75 Å². The molecule has 2 amide bonds. The number of carbonyl (C=O) groups is 2. The van der Waals surface area contributed by atoms with Crippen LogP contribution < -0.4 is 15.4 Å². The summed E-state index contributed by atoms with van der Waals surface area (Å²) in [5.74, 6) is 0.581. The molecule has 0 radical (unpaired) electrons. The van der Waals surface area contributed by atoms with Crippen LogP contribution in [0.2, 0.25) is 0 Å². The van der Waals surface area contributed by atoms with Gasteiger partial charge in [-0.25, -0.2) is 4.98 Å². The number of amides is 2. The zero-order valence-electron chi connectivity index (χ0n) is 14.3. The number of hydrogen-bond acceptors (Lipinski definition) is 5. The normalized spacial score (nSPS) is 10.5. The fourth-order valence-electron chi connectivity index (χ4n) is 2.38. The van der Waals surface area contributed by atoms with Crippen LogP contribution in [-0.4, -0.2) is 23.4 Å². The average Bonchev–Trinajstić information content (AvgIpc) is 3.00. The average molecular weight is 369 g/mol. The van der Waals surface area contributed by atoms with Gasteiger partial charge in [0.05, 0.1) is 16.8 Å². The van der Waals surface area contributed by atoms with E-state index >= 15 is 0 Å². The Morgan fingerprint density at radius 2 is 1.92 bits per heavy atom. The van der Waals surface area contributed by atoms with Crippen molar-refractivity contribution in [2.75, 3.05) is 17.2 Å². The Kier molecular flexibility index (Phi) is 5.80. The highest BCUT2D eigenvalue weighted by atomic mass is 32.1. The van der Waals surface area contributed by atoms with Crippen LogP contribution in [0.25, 0.3) is 10.2 Å². The Morgan fingerprint density at radius 1 is 1.12 bits per heavy atom. The molecule has 7 heteroatoms. The highest BCUT2D eigenvalue weighted by Gasteiger charge is 2.09. The molecule has 134 valence electrons. The summed E-state index contributed by atoms with van der Waals surface area (Å²) in [5, 5.41) is 6.10. The second kappa shape index (κ2) is 8.44. The zero-order chi connectivity index (χ0) is 18.4. The van der Waals surface area contributed by atoms with Crippen LogP contribution in [0.1, 0.15) is 19.8 Å². The molecule has 0 bridgehead atoms. The van der Waals surface area contributed by atoms with Gasteiger partial charge < -0.3 is 15.4 Å². The molecule has 0 aliphatic carbocycles. The van der Waals surface area contributed by atoms with Gasteiger partial charge in [0.2, 0.25) is 11.8 Å². The monoisotopic (exact) mass is 369 g/mol. The predicted molar refractivity (Wildman–Crippen MR) is 104 cm³/mol. The van der Waals surface area contributed by atoms with E-state index in [0.717, 1.165) is 16.0 Å². The third-order valence-corrected chi connectivity index (χ3v) is 4.45. The molecular weight excluding hydrogens is 350 g/mol. The lowest BCUT2D eigenvalue weighted by atomic mass is 10.3. The number of anilines is 2. The fourth-order valence-corrected chi connectivity index (χ4v) is 3.30. The largest absolute Gasteiger partial charge is 0.494 e. The summed E-state index contributed by atoms with van der Waals surface area (Å²) in [6, 6.07) is 15.0. The summed E-state index contributed by atoms with van der Waals surface area (Å²) in [7, 11) is 0. The number of hydrogen-bond donors (Lipinski definition) is 2. The summed E-state index contributed by atoms with van der Waals surface area (Å²) in [5.41, 5.74) is 1.50. The summed E-state index contributed by atoms with van der Waals surface area (Å²) in [6.45, 7) is 1.95. The molecule has 0 saturated heterocycles. The second-order valence-corrected chi connectivity index (χ2v) is 6.73. The first-order valence-corrected chi connectivity index (χ1v) is 9.08. The van der Waals surface area contributed by atoms with Crippen LogP contribution in [0.15, 0.2) is 48.5 Å². The van der Waals surface area contributed by atoms with Crippen molar-refractivity contribution in [3.05, 3.63) is 48.5 Å². The minimum Gasteiger partial charge on any atom is -0.494 e. The summed E-state index contributed by atoms with van der Waals surface area (Å²) < 4.78 is 6.47. The van der Waals surface area contributed by atoms with Crippen molar-refractivity contribution in [2.45, 2.75) is 19.8 Å². The van der Waals surface area contributed by atoms with Crippen LogP contribution in [0.5, 0.6) is 5.75 Å². The molecule has 3 aromatic rings. The van der Waals surface area contributed by atoms with E-state index < -0.39 is 0 Å². The molecule has 26 heavy (non-hydrogen) atoms. The Hall–Kier alpha value is -2.93.